The number of halogens is 3. The molecule has 2 N–H and O–H groups in total. The second-order valence-corrected chi connectivity index (χ2v) is 12.7. The Kier molecular flexibility index (Phi) is 13.0. The summed E-state index contributed by atoms with van der Waals surface area (Å²) >= 11 is 0. The van der Waals surface area contributed by atoms with E-state index in [1.807, 2.05) is 31.9 Å². The number of aliphatic hydroxyl groups excluding tert-OH is 1. The first kappa shape index (κ1) is 36.9. The van der Waals surface area contributed by atoms with Gasteiger partial charge in [0.15, 0.2) is 0 Å². The maximum atomic E-state index is 14.3. The predicted molar refractivity (Wildman–Crippen MR) is 179 cm³/mol. The lowest BCUT2D eigenvalue weighted by Crippen LogP contribution is -2.47. The number of rotatable bonds is 8. The van der Waals surface area contributed by atoms with Crippen LogP contribution in [-0.4, -0.2) is 78.3 Å². The second kappa shape index (κ2) is 16.9. The number of nitrogens with one attached hydrogen (secondary N) is 1. The molecule has 0 radical (unpaired) electrons. The third-order valence-electron chi connectivity index (χ3n) is 8.57. The van der Waals surface area contributed by atoms with Crippen LogP contribution in [0.4, 0.5) is 18.9 Å². The lowest BCUT2D eigenvalue weighted by Gasteiger charge is -2.36. The van der Waals surface area contributed by atoms with Gasteiger partial charge in [0, 0.05) is 43.4 Å². The zero-order chi connectivity index (χ0) is 34.8. The summed E-state index contributed by atoms with van der Waals surface area (Å²) in [4.78, 5) is 30.9. The normalized spacial score (nSPS) is 20.4. The van der Waals surface area contributed by atoms with Crippen molar-refractivity contribution < 1.29 is 37.3 Å². The Bertz CT molecular complexity index is 1490. The van der Waals surface area contributed by atoms with Crippen molar-refractivity contribution in [1.82, 2.24) is 9.80 Å². The highest BCUT2D eigenvalue weighted by Crippen LogP contribution is 2.30. The first-order valence-electron chi connectivity index (χ1n) is 16.4. The number of fused-ring (bicyclic) bond motifs is 1. The number of hydrogen-bond donors (Lipinski definition) is 2. The van der Waals surface area contributed by atoms with Crippen molar-refractivity contribution in [3.63, 3.8) is 0 Å². The van der Waals surface area contributed by atoms with Gasteiger partial charge in [-0.15, -0.1) is 0 Å². The Morgan fingerprint density at radius 3 is 2.44 bits per heavy atom. The first-order valence-corrected chi connectivity index (χ1v) is 16.4. The molecule has 2 amide bonds. The zero-order valence-electron chi connectivity index (χ0n) is 28.0. The van der Waals surface area contributed by atoms with Gasteiger partial charge in [0.25, 0.3) is 11.8 Å². The largest absolute Gasteiger partial charge is 0.490 e. The van der Waals surface area contributed by atoms with Gasteiger partial charge in [-0.2, -0.15) is 13.2 Å². The van der Waals surface area contributed by atoms with Crippen molar-refractivity contribution in [2.75, 3.05) is 38.7 Å². The van der Waals surface area contributed by atoms with Crippen molar-refractivity contribution in [3.05, 3.63) is 95.1 Å². The molecule has 0 aromatic heterocycles. The van der Waals surface area contributed by atoms with Crippen LogP contribution < -0.4 is 10.1 Å². The van der Waals surface area contributed by atoms with Crippen LogP contribution in [0.2, 0.25) is 0 Å². The van der Waals surface area contributed by atoms with Gasteiger partial charge in [-0.1, -0.05) is 37.3 Å². The summed E-state index contributed by atoms with van der Waals surface area (Å²) < 4.78 is 51.8. The minimum absolute atomic E-state index is 0.176. The fourth-order valence-corrected chi connectivity index (χ4v) is 5.74. The van der Waals surface area contributed by atoms with Crippen molar-refractivity contribution in [3.8, 4) is 5.75 Å². The summed E-state index contributed by atoms with van der Waals surface area (Å²) in [5, 5.41) is 13.1. The minimum atomic E-state index is -4.39. The monoisotopic (exact) mass is 669 g/mol. The molecule has 0 bridgehead atoms. The third kappa shape index (κ3) is 10.3. The highest BCUT2D eigenvalue weighted by molar-refractivity contribution is 6.05. The summed E-state index contributed by atoms with van der Waals surface area (Å²) in [7, 11) is 1.89. The molecule has 0 fully saturated rings. The molecular weight excluding hydrogens is 623 g/mol. The Balaban J connectivity index is 1.58. The third-order valence-corrected chi connectivity index (χ3v) is 8.57. The number of amides is 2. The molecule has 3 aromatic carbocycles. The number of likely N-dealkylation sites (N-methyl/N-ethyl adjacent to an activating group) is 1. The summed E-state index contributed by atoms with van der Waals surface area (Å²) in [5.41, 5.74) is 1.24. The van der Waals surface area contributed by atoms with E-state index in [0.29, 0.717) is 36.7 Å². The number of aliphatic hydroxyl groups is 1. The van der Waals surface area contributed by atoms with Crippen LogP contribution in [0.15, 0.2) is 72.8 Å². The van der Waals surface area contributed by atoms with Gasteiger partial charge < -0.3 is 24.8 Å². The van der Waals surface area contributed by atoms with Crippen LogP contribution in [0.5, 0.6) is 5.75 Å². The number of alkyl halides is 3. The van der Waals surface area contributed by atoms with Gasteiger partial charge in [-0.25, -0.2) is 0 Å². The van der Waals surface area contributed by atoms with Gasteiger partial charge in [0.1, 0.15) is 5.75 Å². The van der Waals surface area contributed by atoms with Crippen molar-refractivity contribution in [2.24, 2.45) is 5.92 Å². The van der Waals surface area contributed by atoms with E-state index in [1.165, 1.54) is 12.1 Å². The van der Waals surface area contributed by atoms with E-state index in [-0.39, 0.29) is 48.7 Å². The van der Waals surface area contributed by atoms with Gasteiger partial charge in [0.2, 0.25) is 0 Å². The van der Waals surface area contributed by atoms with E-state index < -0.39 is 17.8 Å². The summed E-state index contributed by atoms with van der Waals surface area (Å²) in [6.45, 7) is 7.09. The fraction of sp³-hybridized carbons (Fsp3) is 0.459. The molecule has 1 heterocycles. The van der Waals surface area contributed by atoms with Crippen LogP contribution in [0.3, 0.4) is 0 Å². The lowest BCUT2D eigenvalue weighted by atomic mass is 10.0. The Morgan fingerprint density at radius 1 is 1.06 bits per heavy atom. The quantitative estimate of drug-likeness (QED) is 0.272. The van der Waals surface area contributed by atoms with Crippen LogP contribution >= 0.6 is 0 Å². The van der Waals surface area contributed by atoms with E-state index in [1.54, 1.807) is 54.3 Å². The molecular formula is C37H46F3N3O5. The molecule has 0 saturated heterocycles. The van der Waals surface area contributed by atoms with Gasteiger partial charge in [-0.3, -0.25) is 14.5 Å². The second-order valence-electron chi connectivity index (χ2n) is 12.7. The number of carbonyl (C=O) groups excluding carboxylic acids is 2. The molecule has 48 heavy (non-hydrogen) atoms. The van der Waals surface area contributed by atoms with Crippen molar-refractivity contribution in [2.45, 2.75) is 71.0 Å². The standard InChI is InChI=1S/C37H46F3N3O5/c1-25-21-43(26(2)24-44)36(46)32-20-31(41-35(45)29-11-6-5-7-12-29)17-18-33(32)48-27(3)10-8-9-19-47-34(25)23-42(4)22-28-13-15-30(16-14-28)37(38,39)40/h5-7,11-18,20,25-27,34,44H,8-10,19,21-24H2,1-4H3,(H,41,45)/t25-,26-,27+,34+/m1/s1. The summed E-state index contributed by atoms with van der Waals surface area (Å²) in [5.74, 6) is -0.442. The highest BCUT2D eigenvalue weighted by Gasteiger charge is 2.32. The molecule has 1 aliphatic rings. The number of benzene rings is 3. The molecule has 8 nitrogen and oxygen atoms in total. The highest BCUT2D eigenvalue weighted by atomic mass is 19.4. The Hall–Kier alpha value is -3.93. The smallest absolute Gasteiger partial charge is 0.416 e. The molecule has 0 saturated carbocycles. The number of nitrogens with zero attached hydrogens (tertiary/aromatic N) is 2. The van der Waals surface area contributed by atoms with Gasteiger partial charge >= 0.3 is 6.18 Å². The lowest BCUT2D eigenvalue weighted by molar-refractivity contribution is -0.137. The molecule has 260 valence electrons. The van der Waals surface area contributed by atoms with Crippen molar-refractivity contribution >= 4 is 17.5 Å². The van der Waals surface area contributed by atoms with E-state index in [4.69, 9.17) is 9.47 Å². The average Bonchev–Trinajstić information content (AvgIpc) is 3.06. The van der Waals surface area contributed by atoms with Crippen molar-refractivity contribution in [1.29, 1.82) is 0 Å². The minimum Gasteiger partial charge on any atom is -0.490 e. The van der Waals surface area contributed by atoms with Crippen LogP contribution in [0.1, 0.15) is 71.9 Å². The molecule has 0 spiro atoms. The van der Waals surface area contributed by atoms with E-state index in [2.05, 4.69) is 5.32 Å². The topological polar surface area (TPSA) is 91.3 Å². The Labute approximate surface area is 280 Å². The van der Waals surface area contributed by atoms with Crippen LogP contribution in [0.25, 0.3) is 0 Å². The van der Waals surface area contributed by atoms with E-state index >= 15 is 0 Å². The zero-order valence-corrected chi connectivity index (χ0v) is 28.0. The predicted octanol–water partition coefficient (Wildman–Crippen LogP) is 6.89. The molecule has 11 heteroatoms. The average molecular weight is 670 g/mol. The van der Waals surface area contributed by atoms with Crippen LogP contribution in [-0.2, 0) is 17.5 Å². The van der Waals surface area contributed by atoms with Gasteiger partial charge in [-0.05, 0) is 88.2 Å². The number of carbonyl (C=O) groups is 2. The SMILES string of the molecule is C[C@@H]1CN([C@H](C)CO)C(=O)c2cc(NC(=O)c3ccccc3)ccc2O[C@@H](C)CCCCO[C@H]1CN(C)Cc1ccc(C(F)(F)F)cc1. The Morgan fingerprint density at radius 2 is 1.77 bits per heavy atom. The number of ether oxygens (including phenoxy) is 2. The number of anilines is 1. The van der Waals surface area contributed by atoms with Crippen LogP contribution in [0, 0.1) is 5.92 Å². The summed E-state index contributed by atoms with van der Waals surface area (Å²) in [6.07, 6.45) is -2.53. The van der Waals surface area contributed by atoms with E-state index in [9.17, 15) is 27.9 Å². The van der Waals surface area contributed by atoms with Gasteiger partial charge in [0.05, 0.1) is 36.0 Å². The fourth-order valence-electron chi connectivity index (χ4n) is 5.74. The molecule has 4 atom stereocenters. The molecule has 0 unspecified atom stereocenters. The maximum absolute atomic E-state index is 14.3. The molecule has 3 aromatic rings. The first-order chi connectivity index (χ1) is 22.8. The summed E-state index contributed by atoms with van der Waals surface area (Å²) in [6, 6.07) is 18.4. The molecule has 0 aliphatic carbocycles. The molecule has 4 rings (SSSR count). The van der Waals surface area contributed by atoms with E-state index in [0.717, 1.165) is 37.0 Å². The molecule has 1 aliphatic heterocycles. The number of hydrogen-bond acceptors (Lipinski definition) is 6. The maximum Gasteiger partial charge on any atom is 0.416 e.